The molecule has 2 aromatic rings. The molecule has 0 bridgehead atoms. The number of nitrogens with zero attached hydrogens (tertiary/aromatic N) is 3. The average molecular weight is 418 g/mol. The summed E-state index contributed by atoms with van der Waals surface area (Å²) >= 11 is 6.07. The van der Waals surface area contributed by atoms with E-state index in [4.69, 9.17) is 21.3 Å². The highest BCUT2D eigenvalue weighted by molar-refractivity contribution is 6.30. The summed E-state index contributed by atoms with van der Waals surface area (Å²) in [4.78, 5) is 4.91. The molecule has 0 radical (unpaired) electrons. The van der Waals surface area contributed by atoms with Gasteiger partial charge in [-0.15, -0.1) is 0 Å². The second-order valence-corrected chi connectivity index (χ2v) is 8.16. The fraction of sp³-hybridized carbons (Fsp3) is 0.545. The molecule has 0 saturated heterocycles. The number of methoxy groups -OCH3 is 1. The van der Waals surface area contributed by atoms with E-state index >= 15 is 0 Å². The van der Waals surface area contributed by atoms with Gasteiger partial charge in [0.25, 0.3) is 0 Å². The average Bonchev–Trinajstić information content (AvgIpc) is 3.22. The number of aliphatic imine (C=N–C) groups is 1. The van der Waals surface area contributed by atoms with Gasteiger partial charge >= 0.3 is 0 Å². The van der Waals surface area contributed by atoms with Crippen LogP contribution in [0.3, 0.4) is 0 Å². The van der Waals surface area contributed by atoms with Crippen LogP contribution in [0, 0.1) is 5.41 Å². The summed E-state index contributed by atoms with van der Waals surface area (Å²) in [6.45, 7) is 5.23. The van der Waals surface area contributed by atoms with Crippen LogP contribution in [-0.4, -0.2) is 49.1 Å². The molecule has 6 nitrogen and oxygen atoms in total. The van der Waals surface area contributed by atoms with Crippen molar-refractivity contribution in [1.82, 2.24) is 20.4 Å². The Morgan fingerprint density at radius 2 is 2.10 bits per heavy atom. The first-order valence-electron chi connectivity index (χ1n) is 10.4. The smallest absolute Gasteiger partial charge is 0.191 e. The lowest BCUT2D eigenvalue weighted by Gasteiger charge is -2.40. The van der Waals surface area contributed by atoms with Crippen molar-refractivity contribution < 1.29 is 4.74 Å². The first kappa shape index (κ1) is 21.7. The van der Waals surface area contributed by atoms with Crippen LogP contribution >= 0.6 is 11.6 Å². The molecule has 1 heterocycles. The Labute approximate surface area is 178 Å². The van der Waals surface area contributed by atoms with E-state index in [1.54, 1.807) is 13.3 Å². The number of hydrogen-bond acceptors (Lipinski definition) is 3. The molecule has 1 atom stereocenters. The van der Waals surface area contributed by atoms with E-state index < -0.39 is 0 Å². The minimum Gasteiger partial charge on any atom is -0.385 e. The molecule has 7 heteroatoms. The maximum atomic E-state index is 6.07. The summed E-state index contributed by atoms with van der Waals surface area (Å²) in [6, 6.07) is 9.94. The zero-order valence-corrected chi connectivity index (χ0v) is 18.2. The second-order valence-electron chi connectivity index (χ2n) is 7.73. The summed E-state index contributed by atoms with van der Waals surface area (Å²) in [5, 5.41) is 12.1. The largest absolute Gasteiger partial charge is 0.385 e. The van der Waals surface area contributed by atoms with Crippen molar-refractivity contribution >= 4 is 17.6 Å². The van der Waals surface area contributed by atoms with Crippen LogP contribution in [0.25, 0.3) is 0 Å². The van der Waals surface area contributed by atoms with Gasteiger partial charge < -0.3 is 15.4 Å². The molecule has 0 spiro atoms. The quantitative estimate of drug-likeness (QED) is 0.454. The van der Waals surface area contributed by atoms with E-state index in [9.17, 15) is 0 Å². The van der Waals surface area contributed by atoms with Crippen molar-refractivity contribution in [2.45, 2.75) is 38.6 Å². The third kappa shape index (κ3) is 5.97. The van der Waals surface area contributed by atoms with Crippen molar-refractivity contribution in [3.05, 3.63) is 53.3 Å². The lowest BCUT2D eigenvalue weighted by molar-refractivity contribution is 0.0778. The maximum Gasteiger partial charge on any atom is 0.191 e. The van der Waals surface area contributed by atoms with E-state index in [0.717, 1.165) is 42.7 Å². The molecule has 0 amide bonds. The molecule has 1 aliphatic rings. The van der Waals surface area contributed by atoms with Gasteiger partial charge in [0.1, 0.15) is 0 Å². The molecule has 1 aromatic heterocycles. The van der Waals surface area contributed by atoms with Gasteiger partial charge in [0.15, 0.2) is 5.96 Å². The zero-order chi connectivity index (χ0) is 20.5. The topological polar surface area (TPSA) is 63.5 Å². The Kier molecular flexibility index (Phi) is 7.95. The summed E-state index contributed by atoms with van der Waals surface area (Å²) in [5.41, 5.74) is 1.45. The zero-order valence-electron chi connectivity index (χ0n) is 17.4. The van der Waals surface area contributed by atoms with E-state index in [0.29, 0.717) is 12.0 Å². The molecule has 1 fully saturated rings. The van der Waals surface area contributed by atoms with Crippen LogP contribution in [0.2, 0.25) is 5.02 Å². The van der Waals surface area contributed by atoms with Gasteiger partial charge in [0.05, 0.1) is 6.04 Å². The molecule has 1 aliphatic carbocycles. The molecule has 158 valence electrons. The van der Waals surface area contributed by atoms with Crippen molar-refractivity contribution in [3.8, 4) is 0 Å². The van der Waals surface area contributed by atoms with Gasteiger partial charge in [0.2, 0.25) is 0 Å². The number of rotatable bonds is 10. The van der Waals surface area contributed by atoms with Gasteiger partial charge in [0, 0.05) is 50.8 Å². The number of halogens is 1. The van der Waals surface area contributed by atoms with E-state index in [-0.39, 0.29) is 6.04 Å². The second kappa shape index (κ2) is 10.6. The minimum absolute atomic E-state index is 0.0530. The van der Waals surface area contributed by atoms with Gasteiger partial charge in [-0.1, -0.05) is 30.2 Å². The predicted molar refractivity (Wildman–Crippen MR) is 119 cm³/mol. The Balaban J connectivity index is 1.68. The fourth-order valence-electron chi connectivity index (χ4n) is 3.78. The first-order chi connectivity index (χ1) is 14.2. The number of aromatic nitrogens is 2. The molecule has 1 saturated carbocycles. The third-order valence-corrected chi connectivity index (χ3v) is 5.98. The van der Waals surface area contributed by atoms with E-state index in [1.165, 1.54) is 19.3 Å². The summed E-state index contributed by atoms with van der Waals surface area (Å²) < 4.78 is 7.27. The summed E-state index contributed by atoms with van der Waals surface area (Å²) in [6.07, 6.45) is 8.63. The lowest BCUT2D eigenvalue weighted by atomic mass is 9.67. The number of ether oxygens (including phenoxy) is 1. The summed E-state index contributed by atoms with van der Waals surface area (Å²) in [7, 11) is 1.77. The molecule has 3 rings (SSSR count). The Bertz CT molecular complexity index is 756. The monoisotopic (exact) mass is 417 g/mol. The third-order valence-electron chi connectivity index (χ3n) is 5.73. The maximum absolute atomic E-state index is 6.07. The van der Waals surface area contributed by atoms with Crippen molar-refractivity contribution in [1.29, 1.82) is 0 Å². The number of hydrogen-bond donors (Lipinski definition) is 2. The van der Waals surface area contributed by atoms with E-state index in [2.05, 4.69) is 34.8 Å². The number of nitrogens with one attached hydrogen (secondary N) is 2. The number of benzene rings is 1. The molecule has 0 aliphatic heterocycles. The van der Waals surface area contributed by atoms with Crippen LogP contribution in [0.5, 0.6) is 0 Å². The van der Waals surface area contributed by atoms with Gasteiger partial charge in [-0.2, -0.15) is 5.10 Å². The summed E-state index contributed by atoms with van der Waals surface area (Å²) in [5.74, 6) is 0.849. The Morgan fingerprint density at radius 1 is 1.31 bits per heavy atom. The Morgan fingerprint density at radius 3 is 2.69 bits per heavy atom. The predicted octanol–water partition coefficient (Wildman–Crippen LogP) is 3.89. The SMILES string of the molecule is CCNC(=NCC1(CCOC)CCC1)NCC(c1ccc(Cl)cc1)n1cccn1. The molecule has 2 N–H and O–H groups in total. The van der Waals surface area contributed by atoms with E-state index in [1.807, 2.05) is 29.1 Å². The van der Waals surface area contributed by atoms with Crippen LogP contribution < -0.4 is 10.6 Å². The lowest BCUT2D eigenvalue weighted by Crippen LogP contribution is -2.42. The highest BCUT2D eigenvalue weighted by Gasteiger charge is 2.36. The number of guanidine groups is 1. The minimum atomic E-state index is 0.0530. The van der Waals surface area contributed by atoms with Crippen molar-refractivity contribution in [3.63, 3.8) is 0 Å². The van der Waals surface area contributed by atoms with Gasteiger partial charge in [-0.25, -0.2) is 0 Å². The fourth-order valence-corrected chi connectivity index (χ4v) is 3.90. The van der Waals surface area contributed by atoms with Crippen LogP contribution in [0.4, 0.5) is 0 Å². The van der Waals surface area contributed by atoms with Gasteiger partial charge in [-0.3, -0.25) is 9.67 Å². The molecular formula is C22H32ClN5O. The highest BCUT2D eigenvalue weighted by atomic mass is 35.5. The standard InChI is InChI=1S/C22H32ClN5O/c1-3-24-21(26-17-22(10-4-11-22)12-15-29-2)25-16-20(28-14-5-13-27-28)18-6-8-19(23)9-7-18/h5-9,13-14,20H,3-4,10-12,15-17H2,1-2H3,(H2,24,25,26). The van der Waals surface area contributed by atoms with Crippen LogP contribution in [-0.2, 0) is 4.74 Å². The molecule has 29 heavy (non-hydrogen) atoms. The normalized spacial score (nSPS) is 16.9. The molecule has 1 unspecified atom stereocenters. The molecular weight excluding hydrogens is 386 g/mol. The van der Waals surface area contributed by atoms with Gasteiger partial charge in [-0.05, 0) is 55.4 Å². The van der Waals surface area contributed by atoms with Crippen molar-refractivity contribution in [2.75, 3.05) is 33.4 Å². The highest BCUT2D eigenvalue weighted by Crippen LogP contribution is 2.44. The van der Waals surface area contributed by atoms with Crippen molar-refractivity contribution in [2.24, 2.45) is 10.4 Å². The van der Waals surface area contributed by atoms with Crippen LogP contribution in [0.1, 0.15) is 44.2 Å². The van der Waals surface area contributed by atoms with Crippen LogP contribution in [0.15, 0.2) is 47.7 Å². The molecule has 1 aromatic carbocycles. The first-order valence-corrected chi connectivity index (χ1v) is 10.8. The Hall–Kier alpha value is -2.05.